The predicted octanol–water partition coefficient (Wildman–Crippen LogP) is 4.31. The van der Waals surface area contributed by atoms with Crippen LogP contribution >= 0.6 is 11.3 Å². The molecule has 3 aromatic rings. The summed E-state index contributed by atoms with van der Waals surface area (Å²) in [5.74, 6) is -2.68. The molecule has 1 aromatic carbocycles. The van der Waals surface area contributed by atoms with Gasteiger partial charge >= 0.3 is 0 Å². The number of carbonyl (C=O) groups is 1. The van der Waals surface area contributed by atoms with Crippen LogP contribution in [0.15, 0.2) is 30.3 Å². The van der Waals surface area contributed by atoms with Crippen molar-refractivity contribution in [2.75, 3.05) is 11.1 Å². The Morgan fingerprint density at radius 1 is 1.27 bits per heavy atom. The largest absolute Gasteiger partial charge is 0.397 e. The SMILES string of the molecule is CCc1cc(-c2sc(NC(=O)c3c(F)cccc3F)cc2N)n(CC)n1. The third-order valence-corrected chi connectivity index (χ3v) is 5.00. The fourth-order valence-electron chi connectivity index (χ4n) is 2.62. The van der Waals surface area contributed by atoms with E-state index < -0.39 is 23.1 Å². The summed E-state index contributed by atoms with van der Waals surface area (Å²) in [6.45, 7) is 4.66. The number of rotatable bonds is 5. The summed E-state index contributed by atoms with van der Waals surface area (Å²) in [5.41, 5.74) is 7.73. The van der Waals surface area contributed by atoms with Crippen molar-refractivity contribution >= 4 is 27.9 Å². The van der Waals surface area contributed by atoms with Crippen molar-refractivity contribution in [3.8, 4) is 10.6 Å². The number of nitrogen functional groups attached to an aromatic ring is 1. The number of nitrogens with two attached hydrogens (primary N) is 1. The Labute approximate surface area is 153 Å². The number of aromatic nitrogens is 2. The Morgan fingerprint density at radius 2 is 1.96 bits per heavy atom. The second-order valence-electron chi connectivity index (χ2n) is 5.64. The van der Waals surface area contributed by atoms with Crippen molar-refractivity contribution < 1.29 is 13.6 Å². The Kier molecular flexibility index (Phi) is 5.03. The van der Waals surface area contributed by atoms with Crippen LogP contribution in [0.3, 0.4) is 0 Å². The fourth-order valence-corrected chi connectivity index (χ4v) is 3.62. The van der Waals surface area contributed by atoms with Gasteiger partial charge in [-0.15, -0.1) is 11.3 Å². The van der Waals surface area contributed by atoms with Gasteiger partial charge in [0.1, 0.15) is 17.2 Å². The molecule has 26 heavy (non-hydrogen) atoms. The topological polar surface area (TPSA) is 72.9 Å². The number of hydrogen-bond acceptors (Lipinski definition) is 4. The summed E-state index contributed by atoms with van der Waals surface area (Å²) < 4.78 is 29.4. The summed E-state index contributed by atoms with van der Waals surface area (Å²) in [4.78, 5) is 13.0. The first-order valence-corrected chi connectivity index (χ1v) is 8.98. The monoisotopic (exact) mass is 376 g/mol. The minimum atomic E-state index is -0.913. The molecule has 0 unspecified atom stereocenters. The van der Waals surface area contributed by atoms with Crippen molar-refractivity contribution in [3.63, 3.8) is 0 Å². The van der Waals surface area contributed by atoms with Crippen LogP contribution in [0, 0.1) is 11.6 Å². The van der Waals surface area contributed by atoms with E-state index in [-0.39, 0.29) is 0 Å². The minimum absolute atomic E-state index is 0.409. The zero-order valence-electron chi connectivity index (χ0n) is 14.3. The summed E-state index contributed by atoms with van der Waals surface area (Å²) in [6.07, 6.45) is 0.793. The van der Waals surface area contributed by atoms with E-state index in [0.29, 0.717) is 17.2 Å². The first kappa shape index (κ1) is 18.1. The number of nitrogens with zero attached hydrogens (tertiary/aromatic N) is 2. The van der Waals surface area contributed by atoms with Gasteiger partial charge in [0, 0.05) is 6.54 Å². The quantitative estimate of drug-likeness (QED) is 0.697. The molecule has 0 aliphatic rings. The van der Waals surface area contributed by atoms with E-state index in [2.05, 4.69) is 10.4 Å². The van der Waals surface area contributed by atoms with E-state index in [9.17, 15) is 13.6 Å². The molecule has 0 radical (unpaired) electrons. The number of anilines is 2. The summed E-state index contributed by atoms with van der Waals surface area (Å²) in [7, 11) is 0. The molecule has 5 nitrogen and oxygen atoms in total. The van der Waals surface area contributed by atoms with Crippen LogP contribution in [0.1, 0.15) is 29.9 Å². The van der Waals surface area contributed by atoms with Crippen molar-refractivity contribution in [1.29, 1.82) is 0 Å². The molecule has 0 spiro atoms. The molecule has 3 rings (SSSR count). The number of aryl methyl sites for hydroxylation is 2. The number of hydrogen-bond donors (Lipinski definition) is 2. The van der Waals surface area contributed by atoms with E-state index >= 15 is 0 Å². The van der Waals surface area contributed by atoms with E-state index in [1.807, 2.05) is 24.6 Å². The van der Waals surface area contributed by atoms with Crippen LogP contribution in [-0.2, 0) is 13.0 Å². The van der Waals surface area contributed by atoms with Crippen molar-refractivity contribution in [2.24, 2.45) is 0 Å². The smallest absolute Gasteiger partial charge is 0.262 e. The molecule has 0 saturated heterocycles. The van der Waals surface area contributed by atoms with Crippen LogP contribution in [0.5, 0.6) is 0 Å². The molecule has 0 atom stereocenters. The van der Waals surface area contributed by atoms with Crippen molar-refractivity contribution in [1.82, 2.24) is 9.78 Å². The van der Waals surface area contributed by atoms with E-state index in [1.54, 1.807) is 6.07 Å². The molecule has 0 aliphatic carbocycles. The van der Waals surface area contributed by atoms with Crippen molar-refractivity contribution in [2.45, 2.75) is 26.8 Å². The molecule has 0 saturated carbocycles. The lowest BCUT2D eigenvalue weighted by Crippen LogP contribution is -2.15. The van der Waals surface area contributed by atoms with E-state index in [4.69, 9.17) is 5.73 Å². The number of amides is 1. The highest BCUT2D eigenvalue weighted by Crippen LogP contribution is 2.38. The summed E-state index contributed by atoms with van der Waals surface area (Å²) in [5, 5.41) is 7.42. The van der Waals surface area contributed by atoms with Crippen LogP contribution in [0.25, 0.3) is 10.6 Å². The molecular weight excluding hydrogens is 358 g/mol. The maximum atomic E-state index is 13.8. The maximum absolute atomic E-state index is 13.8. The van der Waals surface area contributed by atoms with Gasteiger partial charge < -0.3 is 11.1 Å². The Balaban J connectivity index is 1.92. The van der Waals surface area contributed by atoms with E-state index in [1.165, 1.54) is 17.4 Å². The highest BCUT2D eigenvalue weighted by Gasteiger charge is 2.20. The molecule has 1 amide bonds. The zero-order chi connectivity index (χ0) is 18.8. The number of nitrogens with one attached hydrogen (secondary N) is 1. The third kappa shape index (κ3) is 3.32. The first-order chi connectivity index (χ1) is 12.4. The van der Waals surface area contributed by atoms with Gasteiger partial charge in [-0.25, -0.2) is 8.78 Å². The molecule has 2 heterocycles. The van der Waals surface area contributed by atoms with Crippen LogP contribution in [0.2, 0.25) is 0 Å². The lowest BCUT2D eigenvalue weighted by Gasteiger charge is -2.05. The second-order valence-corrected chi connectivity index (χ2v) is 6.69. The Morgan fingerprint density at radius 3 is 2.58 bits per heavy atom. The zero-order valence-corrected chi connectivity index (χ0v) is 15.2. The van der Waals surface area contributed by atoms with Crippen LogP contribution in [0.4, 0.5) is 19.5 Å². The van der Waals surface area contributed by atoms with Gasteiger partial charge in [0.2, 0.25) is 0 Å². The lowest BCUT2D eigenvalue weighted by atomic mass is 10.2. The maximum Gasteiger partial charge on any atom is 0.262 e. The van der Waals surface area contributed by atoms with Gasteiger partial charge in [0.25, 0.3) is 5.91 Å². The standard InChI is InChI=1S/C18H18F2N4OS/c1-3-10-8-14(24(4-2)23-10)17-13(21)9-15(26-17)22-18(25)16-11(19)6-5-7-12(16)20/h5-9H,3-4,21H2,1-2H3,(H,22,25). The van der Waals surface area contributed by atoms with Gasteiger partial charge in [-0.1, -0.05) is 13.0 Å². The van der Waals surface area contributed by atoms with Gasteiger partial charge in [0.15, 0.2) is 0 Å². The molecule has 0 bridgehead atoms. The molecule has 0 fully saturated rings. The molecule has 0 aliphatic heterocycles. The average Bonchev–Trinajstić information content (AvgIpc) is 3.17. The van der Waals surface area contributed by atoms with Gasteiger partial charge in [-0.3, -0.25) is 9.48 Å². The minimum Gasteiger partial charge on any atom is -0.397 e. The lowest BCUT2D eigenvalue weighted by molar-refractivity contribution is 0.101. The highest BCUT2D eigenvalue weighted by molar-refractivity contribution is 7.20. The fraction of sp³-hybridized carbons (Fsp3) is 0.222. The first-order valence-electron chi connectivity index (χ1n) is 8.16. The number of benzene rings is 1. The van der Waals surface area contributed by atoms with E-state index in [0.717, 1.165) is 34.8 Å². The van der Waals surface area contributed by atoms with Crippen molar-refractivity contribution in [3.05, 3.63) is 53.2 Å². The molecule has 136 valence electrons. The molecule has 2 aromatic heterocycles. The van der Waals surface area contributed by atoms with Crippen LogP contribution in [-0.4, -0.2) is 15.7 Å². The summed E-state index contributed by atoms with van der Waals surface area (Å²) in [6, 6.07) is 6.82. The number of thiophene rings is 1. The molecule has 8 heteroatoms. The molecular formula is C18H18F2N4OS. The second kappa shape index (κ2) is 7.25. The Bertz CT molecular complexity index is 944. The molecule has 3 N–H and O–H groups in total. The third-order valence-electron chi connectivity index (χ3n) is 3.91. The number of carbonyl (C=O) groups excluding carboxylic acids is 1. The predicted molar refractivity (Wildman–Crippen MR) is 99.3 cm³/mol. The van der Waals surface area contributed by atoms with Crippen LogP contribution < -0.4 is 11.1 Å². The van der Waals surface area contributed by atoms with Gasteiger partial charge in [-0.2, -0.15) is 5.10 Å². The normalized spacial score (nSPS) is 10.9. The number of halogens is 2. The summed E-state index contributed by atoms with van der Waals surface area (Å²) >= 11 is 1.24. The Hall–Kier alpha value is -2.74. The van der Waals surface area contributed by atoms with Gasteiger partial charge in [0.05, 0.1) is 27.0 Å². The van der Waals surface area contributed by atoms with Gasteiger partial charge in [-0.05, 0) is 37.6 Å². The average molecular weight is 376 g/mol. The highest BCUT2D eigenvalue weighted by atomic mass is 32.1.